The third kappa shape index (κ3) is 2.58. The minimum atomic E-state index is 0. The first-order valence-corrected chi connectivity index (χ1v) is 7.64. The molecule has 0 saturated heterocycles. The van der Waals surface area contributed by atoms with Gasteiger partial charge in [0.25, 0.3) is 0 Å². The standard InChI is InChI=1S/C20H21N.H2O/c1-3-14-13-15-9-5-6-10-17(15)20(16(14)4-2)18-11-7-8-12-19(18)21;/h5-13H,3-4,21H2,1-2H3;1H2. The van der Waals surface area contributed by atoms with E-state index >= 15 is 0 Å². The maximum atomic E-state index is 6.26. The Kier molecular flexibility index (Phi) is 4.84. The van der Waals surface area contributed by atoms with E-state index in [0.29, 0.717) is 0 Å². The van der Waals surface area contributed by atoms with E-state index in [1.165, 1.54) is 27.5 Å². The summed E-state index contributed by atoms with van der Waals surface area (Å²) in [5.74, 6) is 0. The van der Waals surface area contributed by atoms with Crippen molar-refractivity contribution in [2.24, 2.45) is 0 Å². The Bertz CT molecular complexity index is 793. The molecule has 0 fully saturated rings. The van der Waals surface area contributed by atoms with E-state index in [1.807, 2.05) is 12.1 Å². The minimum Gasteiger partial charge on any atom is -0.412 e. The van der Waals surface area contributed by atoms with Crippen LogP contribution in [-0.2, 0) is 12.8 Å². The lowest BCUT2D eigenvalue weighted by Gasteiger charge is -2.18. The molecule has 0 aliphatic rings. The third-order valence-corrected chi connectivity index (χ3v) is 4.21. The smallest absolute Gasteiger partial charge is 0.0394 e. The zero-order valence-corrected chi connectivity index (χ0v) is 13.2. The number of nitrogens with two attached hydrogens (primary N) is 1. The van der Waals surface area contributed by atoms with Gasteiger partial charge in [0.05, 0.1) is 0 Å². The van der Waals surface area contributed by atoms with Gasteiger partial charge < -0.3 is 11.2 Å². The van der Waals surface area contributed by atoms with E-state index in [9.17, 15) is 0 Å². The van der Waals surface area contributed by atoms with Gasteiger partial charge in [0.2, 0.25) is 0 Å². The lowest BCUT2D eigenvalue weighted by atomic mass is 9.87. The highest BCUT2D eigenvalue weighted by atomic mass is 16.0. The molecular formula is C20H23NO. The summed E-state index contributed by atoms with van der Waals surface area (Å²) in [6.45, 7) is 4.45. The molecule has 3 aromatic rings. The fourth-order valence-corrected chi connectivity index (χ4v) is 3.20. The van der Waals surface area contributed by atoms with E-state index in [4.69, 9.17) is 5.73 Å². The molecule has 2 nitrogen and oxygen atoms in total. The van der Waals surface area contributed by atoms with Crippen molar-refractivity contribution >= 4 is 16.5 Å². The molecule has 0 aromatic heterocycles. The highest BCUT2D eigenvalue weighted by molar-refractivity contribution is 6.01. The van der Waals surface area contributed by atoms with Crippen molar-refractivity contribution in [3.05, 3.63) is 65.7 Å². The predicted octanol–water partition coefficient (Wildman–Crippen LogP) is 4.39. The molecule has 0 bridgehead atoms. The van der Waals surface area contributed by atoms with Crippen LogP contribution < -0.4 is 5.73 Å². The number of hydrogen-bond acceptors (Lipinski definition) is 1. The molecule has 3 rings (SSSR count). The number of benzene rings is 3. The molecule has 0 atom stereocenters. The topological polar surface area (TPSA) is 57.5 Å². The quantitative estimate of drug-likeness (QED) is 0.715. The molecule has 0 radical (unpaired) electrons. The van der Waals surface area contributed by atoms with Gasteiger partial charge in [-0.15, -0.1) is 0 Å². The Morgan fingerprint density at radius 2 is 1.55 bits per heavy atom. The van der Waals surface area contributed by atoms with Crippen molar-refractivity contribution in [3.8, 4) is 11.1 Å². The molecule has 0 amide bonds. The van der Waals surface area contributed by atoms with Crippen LogP contribution in [0.15, 0.2) is 54.6 Å². The molecule has 0 aliphatic carbocycles. The van der Waals surface area contributed by atoms with E-state index in [-0.39, 0.29) is 5.48 Å². The third-order valence-electron chi connectivity index (χ3n) is 4.21. The van der Waals surface area contributed by atoms with Crippen LogP contribution in [0.25, 0.3) is 21.9 Å². The van der Waals surface area contributed by atoms with E-state index in [2.05, 4.69) is 56.3 Å². The first kappa shape index (κ1) is 16.1. The number of hydrogen-bond donors (Lipinski definition) is 1. The predicted molar refractivity (Wildman–Crippen MR) is 96.2 cm³/mol. The summed E-state index contributed by atoms with van der Waals surface area (Å²) in [7, 11) is 0. The van der Waals surface area contributed by atoms with Gasteiger partial charge in [0.15, 0.2) is 0 Å². The zero-order valence-electron chi connectivity index (χ0n) is 13.2. The summed E-state index contributed by atoms with van der Waals surface area (Å²) in [5, 5.41) is 2.59. The second-order valence-corrected chi connectivity index (χ2v) is 5.40. The zero-order chi connectivity index (χ0) is 14.8. The largest absolute Gasteiger partial charge is 0.412 e. The maximum Gasteiger partial charge on any atom is 0.0394 e. The van der Waals surface area contributed by atoms with Gasteiger partial charge in [-0.05, 0) is 46.4 Å². The van der Waals surface area contributed by atoms with Crippen molar-refractivity contribution in [2.45, 2.75) is 26.7 Å². The fourth-order valence-electron chi connectivity index (χ4n) is 3.20. The van der Waals surface area contributed by atoms with Crippen molar-refractivity contribution in [1.29, 1.82) is 0 Å². The minimum absolute atomic E-state index is 0. The van der Waals surface area contributed by atoms with Gasteiger partial charge in [-0.2, -0.15) is 0 Å². The van der Waals surface area contributed by atoms with Gasteiger partial charge in [0.1, 0.15) is 0 Å². The number of fused-ring (bicyclic) bond motifs is 1. The van der Waals surface area contributed by atoms with Crippen LogP contribution in [0.2, 0.25) is 0 Å². The normalized spacial score (nSPS) is 10.5. The monoisotopic (exact) mass is 293 g/mol. The fraction of sp³-hybridized carbons (Fsp3) is 0.200. The first-order valence-electron chi connectivity index (χ1n) is 7.64. The van der Waals surface area contributed by atoms with Gasteiger partial charge >= 0.3 is 0 Å². The van der Waals surface area contributed by atoms with E-state index < -0.39 is 0 Å². The van der Waals surface area contributed by atoms with Gasteiger partial charge in [-0.3, -0.25) is 0 Å². The summed E-state index contributed by atoms with van der Waals surface area (Å²) < 4.78 is 0. The molecule has 0 aliphatic heterocycles. The highest BCUT2D eigenvalue weighted by Gasteiger charge is 2.14. The molecule has 3 aromatic carbocycles. The summed E-state index contributed by atoms with van der Waals surface area (Å²) >= 11 is 0. The van der Waals surface area contributed by atoms with Crippen molar-refractivity contribution < 1.29 is 5.48 Å². The molecule has 0 saturated carbocycles. The summed E-state index contributed by atoms with van der Waals surface area (Å²) in [5.41, 5.74) is 12.4. The van der Waals surface area contributed by atoms with Crippen LogP contribution in [0.1, 0.15) is 25.0 Å². The van der Waals surface area contributed by atoms with Crippen LogP contribution >= 0.6 is 0 Å². The molecule has 0 heterocycles. The van der Waals surface area contributed by atoms with Gasteiger partial charge in [0, 0.05) is 11.3 Å². The van der Waals surface area contributed by atoms with Crippen molar-refractivity contribution in [2.75, 3.05) is 5.73 Å². The van der Waals surface area contributed by atoms with E-state index in [0.717, 1.165) is 24.1 Å². The SMILES string of the molecule is CCc1cc2ccccc2c(-c2ccccc2N)c1CC.O. The second kappa shape index (κ2) is 6.63. The van der Waals surface area contributed by atoms with Gasteiger partial charge in [-0.25, -0.2) is 0 Å². The Morgan fingerprint density at radius 1 is 0.864 bits per heavy atom. The summed E-state index contributed by atoms with van der Waals surface area (Å²) in [4.78, 5) is 0. The van der Waals surface area contributed by atoms with Crippen molar-refractivity contribution in [1.82, 2.24) is 0 Å². The number of rotatable bonds is 3. The molecule has 0 spiro atoms. The number of aryl methyl sites for hydroxylation is 1. The maximum absolute atomic E-state index is 6.26. The lowest BCUT2D eigenvalue weighted by molar-refractivity contribution is 0.824. The highest BCUT2D eigenvalue weighted by Crippen LogP contribution is 2.37. The Balaban J connectivity index is 0.00000176. The molecule has 4 N–H and O–H groups in total. The first-order chi connectivity index (χ1) is 10.3. The summed E-state index contributed by atoms with van der Waals surface area (Å²) in [6, 6.07) is 19.1. The van der Waals surface area contributed by atoms with E-state index in [1.54, 1.807) is 0 Å². The van der Waals surface area contributed by atoms with Crippen LogP contribution in [0.4, 0.5) is 5.69 Å². The van der Waals surface area contributed by atoms with Crippen molar-refractivity contribution in [3.63, 3.8) is 0 Å². The molecule has 114 valence electrons. The van der Waals surface area contributed by atoms with Crippen LogP contribution in [0.5, 0.6) is 0 Å². The van der Waals surface area contributed by atoms with Crippen LogP contribution in [0, 0.1) is 0 Å². The van der Waals surface area contributed by atoms with Gasteiger partial charge in [-0.1, -0.05) is 62.4 Å². The average molecular weight is 293 g/mol. The molecule has 22 heavy (non-hydrogen) atoms. The summed E-state index contributed by atoms with van der Waals surface area (Å²) in [6.07, 6.45) is 2.07. The molecular weight excluding hydrogens is 270 g/mol. The van der Waals surface area contributed by atoms with Crippen LogP contribution in [-0.4, -0.2) is 5.48 Å². The Hall–Kier alpha value is -2.32. The number of anilines is 1. The second-order valence-electron chi connectivity index (χ2n) is 5.40. The number of para-hydroxylation sites is 1. The molecule has 2 heteroatoms. The number of nitrogen functional groups attached to an aromatic ring is 1. The van der Waals surface area contributed by atoms with Crippen LogP contribution in [0.3, 0.4) is 0 Å². The lowest BCUT2D eigenvalue weighted by Crippen LogP contribution is -1.99. The Labute approximate surface area is 131 Å². The molecule has 0 unspecified atom stereocenters. The average Bonchev–Trinajstić information content (AvgIpc) is 2.53. The Morgan fingerprint density at radius 3 is 2.23 bits per heavy atom.